The van der Waals surface area contributed by atoms with Crippen molar-refractivity contribution in [3.05, 3.63) is 0 Å². The molecule has 0 aromatic carbocycles. The highest BCUT2D eigenvalue weighted by molar-refractivity contribution is 6.83. The molecule has 1 heterocycles. The second-order valence-corrected chi connectivity index (χ2v) is 9.62. The molecule has 0 aromatic rings. The van der Waals surface area contributed by atoms with Gasteiger partial charge in [0, 0.05) is 0 Å². The van der Waals surface area contributed by atoms with E-state index in [-0.39, 0.29) is 24.5 Å². The average molecular weight is 239 g/mol. The Hall–Kier alpha value is -1.28. The first-order valence-electron chi connectivity index (χ1n) is 5.32. The normalized spacial score (nSPS) is 23.6. The van der Waals surface area contributed by atoms with E-state index in [2.05, 4.69) is 41.2 Å². The van der Waals surface area contributed by atoms with Gasteiger partial charge in [-0.2, -0.15) is 0 Å². The Morgan fingerprint density at radius 2 is 2.19 bits per heavy atom. The van der Waals surface area contributed by atoms with Gasteiger partial charge >= 0.3 is 0 Å². The number of carbonyl (C=O) groups is 2. The highest BCUT2D eigenvalue weighted by Gasteiger charge is 2.37. The molecule has 1 aliphatic rings. The minimum Gasteiger partial charge on any atom is -0.468 e. The summed E-state index contributed by atoms with van der Waals surface area (Å²) in [4.78, 5) is 21.2. The molecule has 0 bridgehead atoms. The van der Waals surface area contributed by atoms with Crippen LogP contribution in [-0.4, -0.2) is 33.1 Å². The van der Waals surface area contributed by atoms with Crippen LogP contribution in [-0.2, 0) is 14.3 Å². The summed E-state index contributed by atoms with van der Waals surface area (Å²) < 4.78 is 4.58. The molecule has 0 aliphatic carbocycles. The molecular weight excluding hydrogens is 222 g/mol. The highest BCUT2D eigenvalue weighted by atomic mass is 28.3. The lowest BCUT2D eigenvalue weighted by molar-refractivity contribution is -0.136. The van der Waals surface area contributed by atoms with Crippen LogP contribution in [0.2, 0.25) is 19.6 Å². The molecule has 1 saturated heterocycles. The van der Waals surface area contributed by atoms with Gasteiger partial charge < -0.3 is 10.1 Å². The first-order valence-corrected chi connectivity index (χ1v) is 8.82. The Bertz CT molecular complexity index is 337. The number of β-lactam (4-membered cyclic amide) rings is 1. The van der Waals surface area contributed by atoms with Crippen molar-refractivity contribution in [3.8, 4) is 11.5 Å². The van der Waals surface area contributed by atoms with Crippen molar-refractivity contribution < 1.29 is 14.3 Å². The molecule has 0 radical (unpaired) electrons. The fraction of sp³-hybridized carbons (Fsp3) is 0.636. The van der Waals surface area contributed by atoms with Crippen molar-refractivity contribution >= 4 is 20.5 Å². The molecule has 1 N–H and O–H groups in total. The van der Waals surface area contributed by atoms with E-state index < -0.39 is 8.07 Å². The summed E-state index contributed by atoms with van der Waals surface area (Å²) in [6, 6.07) is -0.0607. The van der Waals surface area contributed by atoms with E-state index in [0.717, 1.165) is 0 Å². The van der Waals surface area contributed by atoms with Crippen LogP contribution in [0.15, 0.2) is 0 Å². The first kappa shape index (κ1) is 12.8. The van der Waals surface area contributed by atoms with E-state index in [1.165, 1.54) is 0 Å². The number of amides is 1. The van der Waals surface area contributed by atoms with Gasteiger partial charge in [-0.15, -0.1) is 5.54 Å². The van der Waals surface area contributed by atoms with E-state index in [9.17, 15) is 9.59 Å². The van der Waals surface area contributed by atoms with Crippen LogP contribution < -0.4 is 5.32 Å². The van der Waals surface area contributed by atoms with Crippen LogP contribution in [0.4, 0.5) is 0 Å². The Morgan fingerprint density at radius 1 is 1.50 bits per heavy atom. The number of nitrogens with one attached hydrogen (secondary N) is 1. The molecule has 88 valence electrons. The summed E-state index contributed by atoms with van der Waals surface area (Å²) in [6.07, 6.45) is 0.551. The third kappa shape index (κ3) is 3.70. The molecule has 2 unspecified atom stereocenters. The molecule has 0 spiro atoms. The van der Waals surface area contributed by atoms with Gasteiger partial charge in [-0.25, -0.2) is 0 Å². The number of hydrogen-bond donors (Lipinski definition) is 1. The van der Waals surface area contributed by atoms with Gasteiger partial charge in [0.05, 0.1) is 12.5 Å². The van der Waals surface area contributed by atoms with Crippen LogP contribution in [0.5, 0.6) is 0 Å². The summed E-state index contributed by atoms with van der Waals surface area (Å²) in [6.45, 7) is 7.16. The minimum absolute atomic E-state index is 0.00405. The molecule has 4 nitrogen and oxygen atoms in total. The highest BCUT2D eigenvalue weighted by Crippen LogP contribution is 2.18. The van der Waals surface area contributed by atoms with Gasteiger partial charge in [0.15, 0.2) is 0 Å². The van der Waals surface area contributed by atoms with Gasteiger partial charge in [-0.1, -0.05) is 25.6 Å². The SMILES string of the molecule is C[Si](C)(C)C#CC1NC(=O)C1CCOC=O. The predicted molar refractivity (Wildman–Crippen MR) is 63.2 cm³/mol. The van der Waals surface area contributed by atoms with E-state index >= 15 is 0 Å². The molecule has 1 fully saturated rings. The van der Waals surface area contributed by atoms with Gasteiger partial charge in [0.1, 0.15) is 14.1 Å². The third-order valence-corrected chi connectivity index (χ3v) is 3.15. The summed E-state index contributed by atoms with van der Waals surface area (Å²) in [5, 5.41) is 2.76. The van der Waals surface area contributed by atoms with Crippen LogP contribution in [0, 0.1) is 17.4 Å². The zero-order valence-electron chi connectivity index (χ0n) is 9.87. The molecule has 16 heavy (non-hydrogen) atoms. The maximum atomic E-state index is 11.2. The topological polar surface area (TPSA) is 55.4 Å². The van der Waals surface area contributed by atoms with Crippen molar-refractivity contribution in [1.29, 1.82) is 0 Å². The molecule has 1 aliphatic heterocycles. The molecule has 1 rings (SSSR count). The molecular formula is C11H17NO3Si. The quantitative estimate of drug-likeness (QED) is 0.256. The number of ether oxygens (including phenoxy) is 1. The second kappa shape index (κ2) is 5.17. The minimum atomic E-state index is -1.39. The fourth-order valence-corrected chi connectivity index (χ4v) is 1.98. The van der Waals surface area contributed by atoms with Crippen LogP contribution >= 0.6 is 0 Å². The largest absolute Gasteiger partial charge is 0.468 e. The molecule has 0 saturated carbocycles. The van der Waals surface area contributed by atoms with Gasteiger partial charge in [-0.05, 0) is 6.42 Å². The van der Waals surface area contributed by atoms with E-state index in [0.29, 0.717) is 12.9 Å². The maximum Gasteiger partial charge on any atom is 0.293 e. The molecule has 2 atom stereocenters. The summed E-state index contributed by atoms with van der Waals surface area (Å²) in [5.74, 6) is 2.98. The summed E-state index contributed by atoms with van der Waals surface area (Å²) in [5.41, 5.74) is 3.23. The Kier molecular flexibility index (Phi) is 4.13. The number of rotatable bonds is 4. The monoisotopic (exact) mass is 239 g/mol. The Balaban J connectivity index is 2.46. The maximum absolute atomic E-state index is 11.2. The van der Waals surface area contributed by atoms with Crippen molar-refractivity contribution in [2.45, 2.75) is 32.1 Å². The first-order chi connectivity index (χ1) is 7.44. The third-order valence-electron chi connectivity index (χ3n) is 2.25. The lowest BCUT2D eigenvalue weighted by atomic mass is 9.88. The van der Waals surface area contributed by atoms with Crippen LogP contribution in [0.3, 0.4) is 0 Å². The van der Waals surface area contributed by atoms with Gasteiger partial charge in [-0.3, -0.25) is 9.59 Å². The molecule has 5 heteroatoms. The van der Waals surface area contributed by atoms with Crippen LogP contribution in [0.1, 0.15) is 6.42 Å². The zero-order chi connectivity index (χ0) is 12.2. The lowest BCUT2D eigenvalue weighted by Gasteiger charge is -2.33. The van der Waals surface area contributed by atoms with Crippen molar-refractivity contribution in [3.63, 3.8) is 0 Å². The zero-order valence-corrected chi connectivity index (χ0v) is 10.9. The second-order valence-electron chi connectivity index (χ2n) is 4.87. The van der Waals surface area contributed by atoms with Crippen molar-refractivity contribution in [1.82, 2.24) is 5.32 Å². The van der Waals surface area contributed by atoms with E-state index in [1.807, 2.05) is 0 Å². The molecule has 1 amide bonds. The van der Waals surface area contributed by atoms with Crippen molar-refractivity contribution in [2.75, 3.05) is 6.61 Å². The summed E-state index contributed by atoms with van der Waals surface area (Å²) in [7, 11) is -1.39. The van der Waals surface area contributed by atoms with Gasteiger partial charge in [0.25, 0.3) is 6.47 Å². The smallest absolute Gasteiger partial charge is 0.293 e. The number of hydrogen-bond acceptors (Lipinski definition) is 3. The molecule has 0 aromatic heterocycles. The summed E-state index contributed by atoms with van der Waals surface area (Å²) >= 11 is 0. The Labute approximate surface area is 96.7 Å². The fourth-order valence-electron chi connectivity index (χ4n) is 1.39. The predicted octanol–water partition coefficient (Wildman–Crippen LogP) is 0.545. The van der Waals surface area contributed by atoms with Crippen molar-refractivity contribution in [2.24, 2.45) is 5.92 Å². The average Bonchev–Trinajstić information content (AvgIpc) is 2.17. The lowest BCUT2D eigenvalue weighted by Crippen LogP contribution is -2.57. The van der Waals surface area contributed by atoms with E-state index in [1.54, 1.807) is 0 Å². The van der Waals surface area contributed by atoms with Crippen LogP contribution in [0.25, 0.3) is 0 Å². The van der Waals surface area contributed by atoms with Gasteiger partial charge in [0.2, 0.25) is 5.91 Å². The Morgan fingerprint density at radius 3 is 2.69 bits per heavy atom. The van der Waals surface area contributed by atoms with E-state index in [4.69, 9.17) is 0 Å². The standard InChI is InChI=1S/C11H17NO3Si/c1-16(2,3)7-5-10-9(11(14)12-10)4-6-15-8-13/h8-10H,4,6H2,1-3H3,(H,12,14). The number of carbonyl (C=O) groups excluding carboxylic acids is 2.